The van der Waals surface area contributed by atoms with Crippen LogP contribution in [0.4, 0.5) is 0 Å². The van der Waals surface area contributed by atoms with Gasteiger partial charge in [-0.25, -0.2) is 0 Å². The lowest BCUT2D eigenvalue weighted by atomic mass is 10.1. The Morgan fingerprint density at radius 1 is 1.00 bits per heavy atom. The van der Waals surface area contributed by atoms with Gasteiger partial charge in [-0.1, -0.05) is 48.5 Å². The zero-order chi connectivity index (χ0) is 21.5. The number of benzene rings is 2. The number of nitrogens with one attached hydrogen (secondary N) is 1. The quantitative estimate of drug-likeness (QED) is 0.615. The minimum absolute atomic E-state index is 0.0398. The number of fused-ring (bicyclic) bond motifs is 1. The summed E-state index contributed by atoms with van der Waals surface area (Å²) in [5, 5.41) is 15.8. The van der Waals surface area contributed by atoms with Crippen molar-refractivity contribution in [3.8, 4) is 5.69 Å². The van der Waals surface area contributed by atoms with Crippen LogP contribution in [0.15, 0.2) is 82.4 Å². The first-order valence-corrected chi connectivity index (χ1v) is 10.6. The molecule has 0 spiro atoms. The number of aromatic nitrogens is 1. The summed E-state index contributed by atoms with van der Waals surface area (Å²) < 4.78 is 2.13. The first kappa shape index (κ1) is 19.3. The number of rotatable bonds is 3. The maximum absolute atomic E-state index is 12.8. The Bertz CT molecular complexity index is 1300. The number of hydrogen-bond donors (Lipinski definition) is 1. The zero-order valence-corrected chi connectivity index (χ0v) is 17.9. The number of amidine groups is 2. The molecule has 0 bridgehead atoms. The molecule has 0 atom stereocenters. The first-order valence-electron chi connectivity index (χ1n) is 9.83. The molecule has 2 aliphatic rings. The van der Waals surface area contributed by atoms with Crippen LogP contribution in [0.25, 0.3) is 11.8 Å². The topological polar surface area (TPSA) is 73.8 Å². The average molecular weight is 426 g/mol. The van der Waals surface area contributed by atoms with Crippen LogP contribution < -0.4 is 0 Å². The third-order valence-electron chi connectivity index (χ3n) is 5.26. The van der Waals surface area contributed by atoms with Gasteiger partial charge in [0.05, 0.1) is 5.57 Å². The summed E-state index contributed by atoms with van der Waals surface area (Å²) in [4.78, 5) is 17.0. The number of nitrogens with zero attached hydrogens (tertiary/aromatic N) is 4. The van der Waals surface area contributed by atoms with Gasteiger partial charge in [-0.15, -0.1) is 0 Å². The van der Waals surface area contributed by atoms with Crippen LogP contribution >= 0.6 is 11.8 Å². The van der Waals surface area contributed by atoms with Crippen LogP contribution in [0.2, 0.25) is 0 Å². The molecule has 2 aromatic carbocycles. The van der Waals surface area contributed by atoms with E-state index >= 15 is 0 Å². The Morgan fingerprint density at radius 3 is 2.39 bits per heavy atom. The van der Waals surface area contributed by atoms with Crippen molar-refractivity contribution >= 4 is 39.8 Å². The Kier molecular flexibility index (Phi) is 4.67. The van der Waals surface area contributed by atoms with Gasteiger partial charge in [0, 0.05) is 22.6 Å². The molecule has 2 aliphatic heterocycles. The normalized spacial score (nSPS) is 17.1. The van der Waals surface area contributed by atoms with E-state index in [1.54, 1.807) is 6.08 Å². The third kappa shape index (κ3) is 3.33. The van der Waals surface area contributed by atoms with Gasteiger partial charge < -0.3 is 4.57 Å². The highest BCUT2D eigenvalue weighted by Gasteiger charge is 2.36. The molecule has 0 fully saturated rings. The van der Waals surface area contributed by atoms with Crippen molar-refractivity contribution in [1.29, 1.82) is 5.41 Å². The van der Waals surface area contributed by atoms with E-state index in [0.29, 0.717) is 5.17 Å². The van der Waals surface area contributed by atoms with E-state index in [1.165, 1.54) is 16.8 Å². The second-order valence-corrected chi connectivity index (χ2v) is 8.24. The van der Waals surface area contributed by atoms with Gasteiger partial charge in [0.15, 0.2) is 5.84 Å². The van der Waals surface area contributed by atoms with Gasteiger partial charge in [-0.2, -0.15) is 15.1 Å². The Balaban J connectivity index is 1.52. The minimum Gasteiger partial charge on any atom is -0.318 e. The van der Waals surface area contributed by atoms with Crippen molar-refractivity contribution in [3.05, 3.63) is 94.8 Å². The first-order chi connectivity index (χ1) is 15.0. The molecule has 0 saturated heterocycles. The molecule has 7 heteroatoms. The predicted octanol–water partition coefficient (Wildman–Crippen LogP) is 4.76. The molecule has 1 N–H and O–H groups in total. The number of amides is 1. The van der Waals surface area contributed by atoms with E-state index in [-0.39, 0.29) is 11.4 Å². The van der Waals surface area contributed by atoms with Crippen LogP contribution in [0.1, 0.15) is 22.5 Å². The maximum Gasteiger partial charge on any atom is 0.283 e. The Hall–Kier alpha value is -3.71. The van der Waals surface area contributed by atoms with Crippen LogP contribution in [-0.2, 0) is 4.79 Å². The van der Waals surface area contributed by atoms with E-state index in [0.717, 1.165) is 33.2 Å². The van der Waals surface area contributed by atoms with Crippen LogP contribution in [-0.4, -0.2) is 31.5 Å². The molecule has 3 heterocycles. The van der Waals surface area contributed by atoms with Crippen molar-refractivity contribution in [1.82, 2.24) is 9.58 Å². The summed E-state index contributed by atoms with van der Waals surface area (Å²) in [7, 11) is 0. The third-order valence-corrected chi connectivity index (χ3v) is 6.22. The average Bonchev–Trinajstić information content (AvgIpc) is 3.33. The molecule has 3 aromatic rings. The second-order valence-electron chi connectivity index (χ2n) is 7.29. The molecule has 31 heavy (non-hydrogen) atoms. The molecule has 0 saturated carbocycles. The monoisotopic (exact) mass is 425 g/mol. The zero-order valence-electron chi connectivity index (χ0n) is 17.0. The molecule has 0 aliphatic carbocycles. The summed E-state index contributed by atoms with van der Waals surface area (Å²) in [6, 6.07) is 21.8. The van der Waals surface area contributed by atoms with Crippen molar-refractivity contribution in [2.24, 2.45) is 10.1 Å². The highest BCUT2D eigenvalue weighted by atomic mass is 32.2. The van der Waals surface area contributed by atoms with Gasteiger partial charge in [0.1, 0.15) is 5.04 Å². The summed E-state index contributed by atoms with van der Waals surface area (Å²) in [5.74, 6) is -0.379. The van der Waals surface area contributed by atoms with E-state index in [1.807, 2.05) is 80.6 Å². The summed E-state index contributed by atoms with van der Waals surface area (Å²) in [6.45, 7) is 4.04. The van der Waals surface area contributed by atoms with Gasteiger partial charge in [-0.05, 0) is 55.4 Å². The van der Waals surface area contributed by atoms with Crippen LogP contribution in [0, 0.1) is 19.3 Å². The van der Waals surface area contributed by atoms with Crippen LogP contribution in [0.5, 0.6) is 0 Å². The predicted molar refractivity (Wildman–Crippen MR) is 126 cm³/mol. The molecular weight excluding hydrogens is 406 g/mol. The molecule has 0 unspecified atom stereocenters. The largest absolute Gasteiger partial charge is 0.318 e. The van der Waals surface area contributed by atoms with E-state index < -0.39 is 5.91 Å². The number of hydrogen-bond acceptors (Lipinski definition) is 4. The lowest BCUT2D eigenvalue weighted by Gasteiger charge is -2.20. The number of aryl methyl sites for hydroxylation is 1. The SMILES string of the molecule is Cc1cc(/C=C2/C(=N)N3N=C(c4ccccc4)SC3=NC2=O)c(C)n1-c1ccccc1. The number of hydrazone groups is 1. The highest BCUT2D eigenvalue weighted by molar-refractivity contribution is 8.27. The molecule has 5 rings (SSSR count). The molecule has 6 nitrogen and oxygen atoms in total. The van der Waals surface area contributed by atoms with Crippen molar-refractivity contribution < 1.29 is 4.79 Å². The van der Waals surface area contributed by atoms with Crippen LogP contribution in [0.3, 0.4) is 0 Å². The molecular formula is C24H19N5OS. The van der Waals surface area contributed by atoms with Crippen molar-refractivity contribution in [2.75, 3.05) is 0 Å². The van der Waals surface area contributed by atoms with Gasteiger partial charge in [0.25, 0.3) is 5.91 Å². The summed E-state index contributed by atoms with van der Waals surface area (Å²) in [6.07, 6.45) is 1.74. The van der Waals surface area contributed by atoms with Gasteiger partial charge >= 0.3 is 0 Å². The number of para-hydroxylation sites is 1. The fourth-order valence-electron chi connectivity index (χ4n) is 3.75. The van der Waals surface area contributed by atoms with E-state index in [4.69, 9.17) is 5.41 Å². The van der Waals surface area contributed by atoms with Crippen molar-refractivity contribution in [3.63, 3.8) is 0 Å². The number of carbonyl (C=O) groups is 1. The summed E-state index contributed by atoms with van der Waals surface area (Å²) in [5.41, 5.74) is 5.15. The van der Waals surface area contributed by atoms with Gasteiger partial charge in [-0.3, -0.25) is 10.2 Å². The summed E-state index contributed by atoms with van der Waals surface area (Å²) >= 11 is 1.30. The molecule has 0 radical (unpaired) electrons. The lowest BCUT2D eigenvalue weighted by molar-refractivity contribution is -0.114. The maximum atomic E-state index is 12.8. The number of thioether (sulfide) groups is 1. The fourth-order valence-corrected chi connectivity index (χ4v) is 4.65. The number of aliphatic imine (C=N–C) groups is 1. The molecule has 152 valence electrons. The Labute approximate surface area is 184 Å². The van der Waals surface area contributed by atoms with Gasteiger partial charge in [0.2, 0.25) is 5.17 Å². The fraction of sp³-hybridized carbons (Fsp3) is 0.0833. The smallest absolute Gasteiger partial charge is 0.283 e. The standard InChI is InChI=1S/C24H19N5OS/c1-15-13-18(16(2)28(15)19-11-7-4-8-12-19)14-20-21(25)29-24(26-22(20)30)31-23(27-29)17-9-5-3-6-10-17/h3-14,25H,1-2H3/b20-14-,25-21?. The van der Waals surface area contributed by atoms with E-state index in [2.05, 4.69) is 14.7 Å². The lowest BCUT2D eigenvalue weighted by Crippen LogP contribution is -2.35. The Morgan fingerprint density at radius 2 is 1.68 bits per heavy atom. The second kappa shape index (κ2) is 7.52. The van der Waals surface area contributed by atoms with E-state index in [9.17, 15) is 4.79 Å². The number of carbonyl (C=O) groups excluding carboxylic acids is 1. The molecule has 1 amide bonds. The minimum atomic E-state index is -0.419. The molecule has 1 aromatic heterocycles. The van der Waals surface area contributed by atoms with Crippen molar-refractivity contribution in [2.45, 2.75) is 13.8 Å². The highest BCUT2D eigenvalue weighted by Crippen LogP contribution is 2.31.